The van der Waals surface area contributed by atoms with Crippen LogP contribution >= 0.6 is 0 Å². The van der Waals surface area contributed by atoms with Crippen LogP contribution in [0.15, 0.2) is 18.2 Å². The number of carbonyl (C=O) groups is 1. The van der Waals surface area contributed by atoms with Crippen LogP contribution in [0.3, 0.4) is 0 Å². The molecule has 0 aliphatic carbocycles. The highest BCUT2D eigenvalue weighted by Gasteiger charge is 2.32. The molecule has 0 spiro atoms. The van der Waals surface area contributed by atoms with E-state index < -0.39 is 5.54 Å². The zero-order valence-corrected chi connectivity index (χ0v) is 10.6. The maximum Gasteiger partial charge on any atom is 0.331 e. The number of hydrogen-bond acceptors (Lipinski definition) is 3. The van der Waals surface area contributed by atoms with Gasteiger partial charge >= 0.3 is 5.97 Å². The van der Waals surface area contributed by atoms with Crippen molar-refractivity contribution in [3.8, 4) is 0 Å². The summed E-state index contributed by atoms with van der Waals surface area (Å²) in [6.45, 7) is 5.41. The molecular formula is C13H18FNO2. The molecule has 0 fully saturated rings. The third-order valence-corrected chi connectivity index (χ3v) is 2.81. The second-order valence-corrected chi connectivity index (χ2v) is 4.32. The summed E-state index contributed by atoms with van der Waals surface area (Å²) in [4.78, 5) is 11.7. The van der Waals surface area contributed by atoms with E-state index in [0.717, 1.165) is 5.56 Å². The third-order valence-electron chi connectivity index (χ3n) is 2.81. The van der Waals surface area contributed by atoms with Crippen molar-refractivity contribution < 1.29 is 13.9 Å². The van der Waals surface area contributed by atoms with Crippen molar-refractivity contribution in [3.63, 3.8) is 0 Å². The van der Waals surface area contributed by atoms with E-state index in [4.69, 9.17) is 4.74 Å². The Morgan fingerprint density at radius 1 is 1.47 bits per heavy atom. The number of carbonyl (C=O) groups excluding carboxylic acids is 1. The molecule has 0 saturated heterocycles. The predicted octanol–water partition coefficient (Wildman–Crippen LogP) is 2.89. The second kappa shape index (κ2) is 5.17. The van der Waals surface area contributed by atoms with Crippen molar-refractivity contribution >= 4 is 11.7 Å². The Labute approximate surface area is 101 Å². The van der Waals surface area contributed by atoms with E-state index in [1.54, 1.807) is 19.9 Å². The Morgan fingerprint density at radius 3 is 2.59 bits per heavy atom. The number of ether oxygens (including phenoxy) is 1. The summed E-state index contributed by atoms with van der Waals surface area (Å²) >= 11 is 0. The average molecular weight is 239 g/mol. The number of nitrogens with one attached hydrogen (secondary N) is 1. The van der Waals surface area contributed by atoms with Gasteiger partial charge < -0.3 is 10.1 Å². The van der Waals surface area contributed by atoms with Crippen LogP contribution in [0, 0.1) is 12.7 Å². The molecule has 4 heteroatoms. The normalized spacial score (nSPS) is 13.9. The van der Waals surface area contributed by atoms with Crippen LogP contribution in [-0.2, 0) is 9.53 Å². The molecule has 1 rings (SSSR count). The van der Waals surface area contributed by atoms with Gasteiger partial charge in [-0.15, -0.1) is 0 Å². The SMILES string of the molecule is CCC(C)(Nc1cc(C)cc(F)c1)C(=O)OC. The van der Waals surface area contributed by atoms with Crippen LogP contribution in [0.5, 0.6) is 0 Å². The van der Waals surface area contributed by atoms with Crippen molar-refractivity contribution in [1.29, 1.82) is 0 Å². The van der Waals surface area contributed by atoms with Crippen molar-refractivity contribution in [2.75, 3.05) is 12.4 Å². The number of benzene rings is 1. The minimum Gasteiger partial charge on any atom is -0.467 e. The lowest BCUT2D eigenvalue weighted by molar-refractivity contribution is -0.145. The summed E-state index contributed by atoms with van der Waals surface area (Å²) in [6, 6.07) is 4.59. The highest BCUT2D eigenvalue weighted by atomic mass is 19.1. The molecule has 0 heterocycles. The molecular weight excluding hydrogens is 221 g/mol. The number of esters is 1. The first-order valence-corrected chi connectivity index (χ1v) is 5.55. The lowest BCUT2D eigenvalue weighted by Gasteiger charge is -2.27. The lowest BCUT2D eigenvalue weighted by atomic mass is 9.98. The predicted molar refractivity (Wildman–Crippen MR) is 65.5 cm³/mol. The molecule has 1 atom stereocenters. The van der Waals surface area contributed by atoms with Gasteiger partial charge in [0.05, 0.1) is 7.11 Å². The number of anilines is 1. The first-order chi connectivity index (χ1) is 7.91. The van der Waals surface area contributed by atoms with Gasteiger partial charge in [-0.25, -0.2) is 9.18 Å². The number of halogens is 1. The number of aryl methyl sites for hydroxylation is 1. The topological polar surface area (TPSA) is 38.3 Å². The maximum atomic E-state index is 13.2. The fourth-order valence-corrected chi connectivity index (χ4v) is 1.64. The zero-order valence-electron chi connectivity index (χ0n) is 10.6. The summed E-state index contributed by atoms with van der Waals surface area (Å²) < 4.78 is 18.0. The standard InChI is InChI=1S/C13H18FNO2/c1-5-13(3,12(16)17-4)15-11-7-9(2)6-10(14)8-11/h6-8,15H,5H2,1-4H3. The van der Waals surface area contributed by atoms with Crippen LogP contribution in [-0.4, -0.2) is 18.6 Å². The molecule has 1 N–H and O–H groups in total. The van der Waals surface area contributed by atoms with E-state index in [2.05, 4.69) is 5.32 Å². The summed E-state index contributed by atoms with van der Waals surface area (Å²) in [7, 11) is 1.34. The molecule has 3 nitrogen and oxygen atoms in total. The number of rotatable bonds is 4. The molecule has 0 amide bonds. The molecule has 1 aromatic rings. The number of methoxy groups -OCH3 is 1. The number of hydrogen-bond donors (Lipinski definition) is 1. The summed E-state index contributed by atoms with van der Waals surface area (Å²) in [6.07, 6.45) is 0.551. The average Bonchev–Trinajstić information content (AvgIpc) is 2.26. The van der Waals surface area contributed by atoms with Crippen LogP contribution < -0.4 is 5.32 Å². The van der Waals surface area contributed by atoms with Gasteiger partial charge in [0.1, 0.15) is 11.4 Å². The van der Waals surface area contributed by atoms with Crippen LogP contribution in [0.4, 0.5) is 10.1 Å². The van der Waals surface area contributed by atoms with E-state index in [1.807, 2.05) is 6.92 Å². The van der Waals surface area contributed by atoms with E-state index in [-0.39, 0.29) is 11.8 Å². The van der Waals surface area contributed by atoms with Crippen molar-refractivity contribution in [1.82, 2.24) is 0 Å². The zero-order chi connectivity index (χ0) is 13.1. The maximum absolute atomic E-state index is 13.2. The Morgan fingerprint density at radius 2 is 2.12 bits per heavy atom. The van der Waals surface area contributed by atoms with Gasteiger partial charge in [0.15, 0.2) is 0 Å². The Hall–Kier alpha value is -1.58. The Kier molecular flexibility index (Phi) is 4.10. The molecule has 1 unspecified atom stereocenters. The Balaban J connectivity index is 2.98. The van der Waals surface area contributed by atoms with Crippen LogP contribution in [0.2, 0.25) is 0 Å². The lowest BCUT2D eigenvalue weighted by Crippen LogP contribution is -2.43. The second-order valence-electron chi connectivity index (χ2n) is 4.32. The monoisotopic (exact) mass is 239 g/mol. The molecule has 0 aromatic heterocycles. The third kappa shape index (κ3) is 3.19. The fourth-order valence-electron chi connectivity index (χ4n) is 1.64. The summed E-state index contributed by atoms with van der Waals surface area (Å²) in [5.41, 5.74) is 0.544. The van der Waals surface area contributed by atoms with Gasteiger partial charge in [-0.2, -0.15) is 0 Å². The van der Waals surface area contributed by atoms with Gasteiger partial charge in [0.2, 0.25) is 0 Å². The van der Waals surface area contributed by atoms with E-state index in [0.29, 0.717) is 12.1 Å². The quantitative estimate of drug-likeness (QED) is 0.821. The molecule has 94 valence electrons. The van der Waals surface area contributed by atoms with Gasteiger partial charge in [-0.3, -0.25) is 0 Å². The molecule has 0 aliphatic heterocycles. The fraction of sp³-hybridized carbons (Fsp3) is 0.462. The van der Waals surface area contributed by atoms with Gasteiger partial charge in [-0.05, 0) is 44.0 Å². The molecule has 0 bridgehead atoms. The van der Waals surface area contributed by atoms with Gasteiger partial charge in [-0.1, -0.05) is 6.92 Å². The summed E-state index contributed by atoms with van der Waals surface area (Å²) in [5, 5.41) is 3.02. The first-order valence-electron chi connectivity index (χ1n) is 5.55. The molecule has 0 aliphatic rings. The van der Waals surface area contributed by atoms with Crippen molar-refractivity contribution in [2.45, 2.75) is 32.7 Å². The van der Waals surface area contributed by atoms with E-state index in [1.165, 1.54) is 19.2 Å². The minimum absolute atomic E-state index is 0.323. The van der Waals surface area contributed by atoms with Crippen LogP contribution in [0.25, 0.3) is 0 Å². The molecule has 0 radical (unpaired) electrons. The largest absolute Gasteiger partial charge is 0.467 e. The molecule has 17 heavy (non-hydrogen) atoms. The van der Waals surface area contributed by atoms with Crippen LogP contribution in [0.1, 0.15) is 25.8 Å². The van der Waals surface area contributed by atoms with E-state index >= 15 is 0 Å². The van der Waals surface area contributed by atoms with Gasteiger partial charge in [0.25, 0.3) is 0 Å². The Bertz CT molecular complexity index is 400. The van der Waals surface area contributed by atoms with Gasteiger partial charge in [0, 0.05) is 5.69 Å². The summed E-state index contributed by atoms with van der Waals surface area (Å²) in [5.74, 6) is -0.683. The first kappa shape index (κ1) is 13.5. The smallest absolute Gasteiger partial charge is 0.331 e. The van der Waals surface area contributed by atoms with Crippen molar-refractivity contribution in [3.05, 3.63) is 29.6 Å². The highest BCUT2D eigenvalue weighted by Crippen LogP contribution is 2.21. The molecule has 0 saturated carbocycles. The van der Waals surface area contributed by atoms with E-state index in [9.17, 15) is 9.18 Å². The minimum atomic E-state index is -0.838. The van der Waals surface area contributed by atoms with Crippen molar-refractivity contribution in [2.24, 2.45) is 0 Å². The molecule has 1 aromatic carbocycles. The highest BCUT2D eigenvalue weighted by molar-refractivity contribution is 5.83.